The predicted octanol–water partition coefficient (Wildman–Crippen LogP) is 2.96. The number of nitrogens with zero attached hydrogens (tertiary/aromatic N) is 2. The second-order valence-electron chi connectivity index (χ2n) is 5.59. The SMILES string of the molecule is CC(C)Oc1ccc(C(=O)Nc2nnc(C3CCCO3)o2)cc1. The average molecular weight is 317 g/mol. The molecule has 122 valence electrons. The molecule has 1 atom stereocenters. The Balaban J connectivity index is 1.62. The second kappa shape index (κ2) is 6.78. The number of hydrogen-bond acceptors (Lipinski definition) is 6. The summed E-state index contributed by atoms with van der Waals surface area (Å²) in [7, 11) is 0. The highest BCUT2D eigenvalue weighted by Crippen LogP contribution is 2.28. The monoisotopic (exact) mass is 317 g/mol. The van der Waals surface area contributed by atoms with Gasteiger partial charge in [0.25, 0.3) is 5.91 Å². The number of aromatic nitrogens is 2. The highest BCUT2D eigenvalue weighted by atomic mass is 16.5. The van der Waals surface area contributed by atoms with Crippen molar-refractivity contribution in [3.05, 3.63) is 35.7 Å². The number of hydrogen-bond donors (Lipinski definition) is 1. The Labute approximate surface area is 134 Å². The van der Waals surface area contributed by atoms with E-state index >= 15 is 0 Å². The molecule has 1 saturated heterocycles. The first kappa shape index (κ1) is 15.5. The molecule has 3 rings (SSSR count). The molecular weight excluding hydrogens is 298 g/mol. The van der Waals surface area contributed by atoms with Gasteiger partial charge in [0.05, 0.1) is 6.10 Å². The fraction of sp³-hybridized carbons (Fsp3) is 0.438. The van der Waals surface area contributed by atoms with E-state index in [0.717, 1.165) is 18.6 Å². The topological polar surface area (TPSA) is 86.5 Å². The summed E-state index contributed by atoms with van der Waals surface area (Å²) in [4.78, 5) is 12.2. The summed E-state index contributed by atoms with van der Waals surface area (Å²) in [6, 6.07) is 6.94. The van der Waals surface area contributed by atoms with Crippen LogP contribution in [0.15, 0.2) is 28.7 Å². The van der Waals surface area contributed by atoms with E-state index < -0.39 is 0 Å². The quantitative estimate of drug-likeness (QED) is 0.912. The summed E-state index contributed by atoms with van der Waals surface area (Å²) in [6.45, 7) is 4.59. The molecule has 0 saturated carbocycles. The van der Waals surface area contributed by atoms with Crippen LogP contribution in [0.5, 0.6) is 5.75 Å². The molecule has 23 heavy (non-hydrogen) atoms. The zero-order valence-electron chi connectivity index (χ0n) is 13.1. The lowest BCUT2D eigenvalue weighted by Gasteiger charge is -2.09. The van der Waals surface area contributed by atoms with Gasteiger partial charge in [0.1, 0.15) is 11.9 Å². The Morgan fingerprint density at radius 3 is 2.74 bits per heavy atom. The maximum Gasteiger partial charge on any atom is 0.322 e. The number of anilines is 1. The smallest absolute Gasteiger partial charge is 0.322 e. The van der Waals surface area contributed by atoms with Crippen LogP contribution in [0.4, 0.5) is 6.01 Å². The van der Waals surface area contributed by atoms with Gasteiger partial charge in [-0.3, -0.25) is 10.1 Å². The zero-order valence-corrected chi connectivity index (χ0v) is 13.1. The largest absolute Gasteiger partial charge is 0.491 e. The Hall–Kier alpha value is -2.41. The minimum absolute atomic E-state index is 0.0722. The summed E-state index contributed by atoms with van der Waals surface area (Å²) in [5.41, 5.74) is 0.484. The van der Waals surface area contributed by atoms with Crippen LogP contribution in [-0.2, 0) is 4.74 Å². The highest BCUT2D eigenvalue weighted by molar-refractivity contribution is 6.03. The molecule has 0 radical (unpaired) electrons. The summed E-state index contributed by atoms with van der Waals surface area (Å²) in [6.07, 6.45) is 1.75. The molecule has 1 N–H and O–H groups in total. The Kier molecular flexibility index (Phi) is 4.57. The lowest BCUT2D eigenvalue weighted by atomic mass is 10.2. The van der Waals surface area contributed by atoms with E-state index in [2.05, 4.69) is 15.5 Å². The van der Waals surface area contributed by atoms with Gasteiger partial charge < -0.3 is 13.9 Å². The predicted molar refractivity (Wildman–Crippen MR) is 82.4 cm³/mol. The van der Waals surface area contributed by atoms with E-state index in [-0.39, 0.29) is 24.1 Å². The summed E-state index contributed by atoms with van der Waals surface area (Å²) >= 11 is 0. The number of amides is 1. The van der Waals surface area contributed by atoms with Crippen molar-refractivity contribution in [3.63, 3.8) is 0 Å². The van der Waals surface area contributed by atoms with E-state index in [0.29, 0.717) is 18.1 Å². The van der Waals surface area contributed by atoms with Crippen molar-refractivity contribution in [2.45, 2.75) is 38.9 Å². The number of carbonyl (C=O) groups is 1. The van der Waals surface area contributed by atoms with Crippen LogP contribution in [0.1, 0.15) is 49.0 Å². The van der Waals surface area contributed by atoms with E-state index in [1.54, 1.807) is 24.3 Å². The van der Waals surface area contributed by atoms with E-state index in [1.165, 1.54) is 0 Å². The van der Waals surface area contributed by atoms with Crippen molar-refractivity contribution < 1.29 is 18.7 Å². The molecule has 1 aromatic heterocycles. The van der Waals surface area contributed by atoms with Gasteiger partial charge in [-0.1, -0.05) is 5.10 Å². The normalized spacial score (nSPS) is 17.4. The first-order valence-corrected chi connectivity index (χ1v) is 7.65. The van der Waals surface area contributed by atoms with Gasteiger partial charge in [-0.2, -0.15) is 0 Å². The number of rotatable bonds is 5. The molecule has 1 unspecified atom stereocenters. The maximum atomic E-state index is 12.2. The Morgan fingerprint density at radius 1 is 1.30 bits per heavy atom. The zero-order chi connectivity index (χ0) is 16.2. The third kappa shape index (κ3) is 3.87. The first-order chi connectivity index (χ1) is 11.1. The van der Waals surface area contributed by atoms with Gasteiger partial charge in [0, 0.05) is 12.2 Å². The van der Waals surface area contributed by atoms with Crippen LogP contribution in [0.25, 0.3) is 0 Å². The van der Waals surface area contributed by atoms with Crippen LogP contribution in [0, 0.1) is 0 Å². The van der Waals surface area contributed by atoms with E-state index in [1.807, 2.05) is 13.8 Å². The molecule has 0 spiro atoms. The third-order valence-electron chi connectivity index (χ3n) is 3.35. The van der Waals surface area contributed by atoms with Crippen LogP contribution in [0.2, 0.25) is 0 Å². The molecule has 0 aliphatic carbocycles. The lowest BCUT2D eigenvalue weighted by Crippen LogP contribution is -2.12. The average Bonchev–Trinajstić information content (AvgIpc) is 3.18. The van der Waals surface area contributed by atoms with Gasteiger partial charge in [-0.25, -0.2) is 0 Å². The van der Waals surface area contributed by atoms with E-state index in [4.69, 9.17) is 13.9 Å². The molecule has 0 bridgehead atoms. The van der Waals surface area contributed by atoms with Crippen molar-refractivity contribution >= 4 is 11.9 Å². The maximum absolute atomic E-state index is 12.2. The van der Waals surface area contributed by atoms with Gasteiger partial charge in [-0.15, -0.1) is 5.10 Å². The first-order valence-electron chi connectivity index (χ1n) is 7.65. The van der Waals surface area contributed by atoms with Gasteiger partial charge in [0.2, 0.25) is 5.89 Å². The number of benzene rings is 1. The summed E-state index contributed by atoms with van der Waals surface area (Å²) in [5.74, 6) is 0.803. The molecule has 7 nitrogen and oxygen atoms in total. The molecular formula is C16H19N3O4. The van der Waals surface area contributed by atoms with Crippen molar-refractivity contribution in [1.29, 1.82) is 0 Å². The molecule has 2 aromatic rings. The highest BCUT2D eigenvalue weighted by Gasteiger charge is 2.24. The molecule has 1 aromatic carbocycles. The Morgan fingerprint density at radius 2 is 2.09 bits per heavy atom. The van der Waals surface area contributed by atoms with Crippen LogP contribution >= 0.6 is 0 Å². The van der Waals surface area contributed by atoms with Gasteiger partial charge in [0.15, 0.2) is 0 Å². The minimum Gasteiger partial charge on any atom is -0.491 e. The van der Waals surface area contributed by atoms with Crippen LogP contribution in [0.3, 0.4) is 0 Å². The molecule has 1 amide bonds. The van der Waals surface area contributed by atoms with Crippen LogP contribution in [-0.4, -0.2) is 28.8 Å². The number of nitrogens with one attached hydrogen (secondary N) is 1. The lowest BCUT2D eigenvalue weighted by molar-refractivity contribution is 0.0893. The summed E-state index contributed by atoms with van der Waals surface area (Å²) in [5, 5.41) is 10.3. The standard InChI is InChI=1S/C16H19N3O4/c1-10(2)22-12-7-5-11(6-8-12)14(20)17-16-19-18-15(23-16)13-4-3-9-21-13/h5-8,10,13H,3-4,9H2,1-2H3,(H,17,19,20). The fourth-order valence-corrected chi connectivity index (χ4v) is 2.31. The fourth-order valence-electron chi connectivity index (χ4n) is 2.31. The van der Waals surface area contributed by atoms with E-state index in [9.17, 15) is 4.79 Å². The molecule has 1 aliphatic rings. The van der Waals surface area contributed by atoms with Crippen molar-refractivity contribution in [2.24, 2.45) is 0 Å². The molecule has 1 fully saturated rings. The molecule has 7 heteroatoms. The Bertz CT molecular complexity index is 660. The second-order valence-corrected chi connectivity index (χ2v) is 5.59. The van der Waals surface area contributed by atoms with Crippen LogP contribution < -0.4 is 10.1 Å². The molecule has 1 aliphatic heterocycles. The number of ether oxygens (including phenoxy) is 2. The number of carbonyl (C=O) groups excluding carboxylic acids is 1. The summed E-state index contributed by atoms with van der Waals surface area (Å²) < 4.78 is 16.4. The van der Waals surface area contributed by atoms with Gasteiger partial charge >= 0.3 is 6.01 Å². The minimum atomic E-state index is -0.316. The van der Waals surface area contributed by atoms with Crippen molar-refractivity contribution in [3.8, 4) is 5.75 Å². The third-order valence-corrected chi connectivity index (χ3v) is 3.35. The van der Waals surface area contributed by atoms with Crippen molar-refractivity contribution in [1.82, 2.24) is 10.2 Å². The van der Waals surface area contributed by atoms with Gasteiger partial charge in [-0.05, 0) is 51.0 Å². The molecule has 2 heterocycles. The van der Waals surface area contributed by atoms with Crippen molar-refractivity contribution in [2.75, 3.05) is 11.9 Å².